The summed E-state index contributed by atoms with van der Waals surface area (Å²) in [5.74, 6) is 2.02. The molecule has 1 aliphatic carbocycles. The van der Waals surface area contributed by atoms with Gasteiger partial charge in [-0.3, -0.25) is 0 Å². The average molecular weight is 324 g/mol. The van der Waals surface area contributed by atoms with Crippen LogP contribution in [-0.4, -0.2) is 19.3 Å². The summed E-state index contributed by atoms with van der Waals surface area (Å²) in [6.45, 7) is 4.16. The average Bonchev–Trinajstić information content (AvgIpc) is 2.59. The second-order valence-corrected chi connectivity index (χ2v) is 6.44. The van der Waals surface area contributed by atoms with Gasteiger partial charge in [-0.25, -0.2) is 0 Å². The highest BCUT2D eigenvalue weighted by atomic mass is 16.5. The van der Waals surface area contributed by atoms with Crippen molar-refractivity contribution in [3.05, 3.63) is 52.6 Å². The number of aryl methyl sites for hydroxylation is 1. The molecule has 0 aromatic heterocycles. The monoisotopic (exact) mass is 324 g/mol. The highest BCUT2D eigenvalue weighted by Crippen LogP contribution is 2.45. The molecule has 3 nitrogen and oxygen atoms in total. The molecule has 0 atom stereocenters. The zero-order valence-electron chi connectivity index (χ0n) is 14.8. The van der Waals surface area contributed by atoms with Gasteiger partial charge in [0.2, 0.25) is 0 Å². The van der Waals surface area contributed by atoms with Gasteiger partial charge in [0.25, 0.3) is 0 Å². The molecule has 0 heterocycles. The molecule has 0 saturated carbocycles. The predicted octanol–water partition coefficient (Wildman–Crippen LogP) is 4.68. The number of fused-ring (bicyclic) bond motifs is 3. The summed E-state index contributed by atoms with van der Waals surface area (Å²) in [5.41, 5.74) is 7.02. The number of rotatable bonds is 4. The van der Waals surface area contributed by atoms with Crippen molar-refractivity contribution in [2.75, 3.05) is 14.2 Å². The van der Waals surface area contributed by atoms with E-state index >= 15 is 0 Å². The second kappa shape index (κ2) is 6.60. The summed E-state index contributed by atoms with van der Waals surface area (Å²) in [6.07, 6.45) is 4.75. The fourth-order valence-corrected chi connectivity index (χ4v) is 3.42. The fourth-order valence-electron chi connectivity index (χ4n) is 3.42. The largest absolute Gasteiger partial charge is 0.508 e. The van der Waals surface area contributed by atoms with Gasteiger partial charge in [-0.05, 0) is 61.9 Å². The van der Waals surface area contributed by atoms with Gasteiger partial charge in [-0.15, -0.1) is 0 Å². The number of hydrogen-bond acceptors (Lipinski definition) is 3. The molecule has 0 amide bonds. The van der Waals surface area contributed by atoms with Crippen LogP contribution >= 0.6 is 0 Å². The Morgan fingerprint density at radius 3 is 2.58 bits per heavy atom. The van der Waals surface area contributed by atoms with Crippen molar-refractivity contribution in [2.45, 2.75) is 33.1 Å². The Kier molecular flexibility index (Phi) is 4.52. The summed E-state index contributed by atoms with van der Waals surface area (Å²) in [6, 6.07) is 7.81. The molecule has 0 fully saturated rings. The molecule has 126 valence electrons. The zero-order chi connectivity index (χ0) is 17.3. The lowest BCUT2D eigenvalue weighted by molar-refractivity contribution is 0.394. The lowest BCUT2D eigenvalue weighted by atomic mass is 9.81. The first-order valence-electron chi connectivity index (χ1n) is 8.27. The van der Waals surface area contributed by atoms with Crippen LogP contribution in [0.25, 0.3) is 11.1 Å². The highest BCUT2D eigenvalue weighted by Gasteiger charge is 2.24. The van der Waals surface area contributed by atoms with E-state index in [1.165, 1.54) is 16.7 Å². The van der Waals surface area contributed by atoms with Crippen LogP contribution in [0.5, 0.6) is 17.2 Å². The van der Waals surface area contributed by atoms with E-state index in [0.717, 1.165) is 47.5 Å². The molecular weight excluding hydrogens is 300 g/mol. The van der Waals surface area contributed by atoms with E-state index in [0.29, 0.717) is 5.75 Å². The van der Waals surface area contributed by atoms with Gasteiger partial charge in [0.1, 0.15) is 17.2 Å². The van der Waals surface area contributed by atoms with Gasteiger partial charge in [0, 0.05) is 17.2 Å². The van der Waals surface area contributed by atoms with Gasteiger partial charge >= 0.3 is 0 Å². The van der Waals surface area contributed by atoms with Crippen molar-refractivity contribution in [1.29, 1.82) is 0 Å². The van der Waals surface area contributed by atoms with Gasteiger partial charge < -0.3 is 14.6 Å². The van der Waals surface area contributed by atoms with Gasteiger partial charge in [0.05, 0.1) is 14.2 Å². The minimum Gasteiger partial charge on any atom is -0.508 e. The van der Waals surface area contributed by atoms with Crippen molar-refractivity contribution >= 4 is 0 Å². The zero-order valence-corrected chi connectivity index (χ0v) is 14.8. The van der Waals surface area contributed by atoms with Crippen molar-refractivity contribution in [2.24, 2.45) is 0 Å². The fraction of sp³-hybridized carbons (Fsp3) is 0.333. The molecule has 3 rings (SSSR count). The van der Waals surface area contributed by atoms with Crippen molar-refractivity contribution in [3.8, 4) is 28.4 Å². The molecule has 1 aliphatic rings. The first-order valence-corrected chi connectivity index (χ1v) is 8.27. The molecule has 0 saturated heterocycles. The van der Waals surface area contributed by atoms with Crippen LogP contribution in [0.3, 0.4) is 0 Å². The van der Waals surface area contributed by atoms with E-state index in [9.17, 15) is 5.11 Å². The first-order chi connectivity index (χ1) is 11.5. The van der Waals surface area contributed by atoms with Crippen LogP contribution in [-0.2, 0) is 19.3 Å². The minimum atomic E-state index is 0.377. The Labute approximate surface area is 143 Å². The Hall–Kier alpha value is -2.42. The second-order valence-electron chi connectivity index (χ2n) is 6.44. The summed E-state index contributed by atoms with van der Waals surface area (Å²) < 4.78 is 11.0. The van der Waals surface area contributed by atoms with Gasteiger partial charge in [-0.2, -0.15) is 0 Å². The molecule has 3 heteroatoms. The summed E-state index contributed by atoms with van der Waals surface area (Å²) in [4.78, 5) is 0. The van der Waals surface area contributed by atoms with E-state index in [4.69, 9.17) is 9.47 Å². The standard InChI is InChI=1S/C21H24O3/c1-13(2)5-7-17-16-8-6-14-11-15(23-3)12-20(24-4)21(14)18(16)9-10-19(17)22/h5,9-12,22H,6-8H2,1-4H3. The maximum absolute atomic E-state index is 10.4. The maximum atomic E-state index is 10.4. The van der Waals surface area contributed by atoms with E-state index in [1.54, 1.807) is 20.3 Å². The lowest BCUT2D eigenvalue weighted by Gasteiger charge is -2.25. The van der Waals surface area contributed by atoms with Crippen LogP contribution in [0.15, 0.2) is 35.9 Å². The predicted molar refractivity (Wildman–Crippen MR) is 97.2 cm³/mol. The normalized spacial score (nSPS) is 12.2. The topological polar surface area (TPSA) is 38.7 Å². The number of methoxy groups -OCH3 is 2. The SMILES string of the molecule is COc1cc2c(c(OC)c1)-c1ccc(O)c(CC=C(C)C)c1CC2. The van der Waals surface area contributed by atoms with E-state index in [-0.39, 0.29) is 0 Å². The number of aromatic hydroxyl groups is 1. The number of benzene rings is 2. The van der Waals surface area contributed by atoms with E-state index in [1.807, 2.05) is 12.1 Å². The van der Waals surface area contributed by atoms with E-state index in [2.05, 4.69) is 26.0 Å². The van der Waals surface area contributed by atoms with Crippen LogP contribution in [0, 0.1) is 0 Å². The quantitative estimate of drug-likeness (QED) is 0.830. The van der Waals surface area contributed by atoms with Crippen LogP contribution in [0.2, 0.25) is 0 Å². The molecular formula is C21H24O3. The maximum Gasteiger partial charge on any atom is 0.130 e. The smallest absolute Gasteiger partial charge is 0.130 e. The summed E-state index contributed by atoms with van der Waals surface area (Å²) in [7, 11) is 3.36. The molecule has 24 heavy (non-hydrogen) atoms. The van der Waals surface area contributed by atoms with E-state index < -0.39 is 0 Å². The van der Waals surface area contributed by atoms with Crippen LogP contribution < -0.4 is 9.47 Å². The van der Waals surface area contributed by atoms with Gasteiger partial charge in [0.15, 0.2) is 0 Å². The van der Waals surface area contributed by atoms with Crippen molar-refractivity contribution in [3.63, 3.8) is 0 Å². The summed E-state index contributed by atoms with van der Waals surface area (Å²) >= 11 is 0. The number of allylic oxidation sites excluding steroid dienone is 2. The van der Waals surface area contributed by atoms with Crippen LogP contribution in [0.1, 0.15) is 30.5 Å². The lowest BCUT2D eigenvalue weighted by Crippen LogP contribution is -2.09. The number of phenolic OH excluding ortho intramolecular Hbond substituents is 1. The molecule has 0 spiro atoms. The molecule has 2 aromatic rings. The number of hydrogen-bond donors (Lipinski definition) is 1. The molecule has 2 aromatic carbocycles. The van der Waals surface area contributed by atoms with Crippen LogP contribution in [0.4, 0.5) is 0 Å². The summed E-state index contributed by atoms with van der Waals surface area (Å²) in [5, 5.41) is 10.4. The van der Waals surface area contributed by atoms with Crippen molar-refractivity contribution < 1.29 is 14.6 Å². The number of ether oxygens (including phenoxy) is 2. The Bertz CT molecular complexity index is 782. The number of phenols is 1. The minimum absolute atomic E-state index is 0.377. The third-order valence-corrected chi connectivity index (χ3v) is 4.65. The van der Waals surface area contributed by atoms with Gasteiger partial charge in [-0.1, -0.05) is 17.7 Å². The third-order valence-electron chi connectivity index (χ3n) is 4.65. The molecule has 1 N–H and O–H groups in total. The Morgan fingerprint density at radius 1 is 1.12 bits per heavy atom. The molecule has 0 unspecified atom stereocenters. The third kappa shape index (κ3) is 2.86. The first kappa shape index (κ1) is 16.4. The Balaban J connectivity index is 2.19. The molecule has 0 aliphatic heterocycles. The molecule has 0 bridgehead atoms. The Morgan fingerprint density at radius 2 is 1.92 bits per heavy atom. The molecule has 0 radical (unpaired) electrons. The van der Waals surface area contributed by atoms with Crippen molar-refractivity contribution in [1.82, 2.24) is 0 Å². The highest BCUT2D eigenvalue weighted by molar-refractivity contribution is 5.81.